The lowest BCUT2D eigenvalue weighted by atomic mass is 9.95. The van der Waals surface area contributed by atoms with Crippen molar-refractivity contribution < 1.29 is 19.2 Å². The summed E-state index contributed by atoms with van der Waals surface area (Å²) < 4.78 is 4.73. The minimum Gasteiger partial charge on any atom is -0.481 e. The second-order valence-electron chi connectivity index (χ2n) is 3.55. The van der Waals surface area contributed by atoms with Gasteiger partial charge in [0.1, 0.15) is 6.26 Å². The smallest absolute Gasteiger partial charge is 0.309 e. The van der Waals surface area contributed by atoms with Crippen LogP contribution in [0.3, 0.4) is 0 Å². The van der Waals surface area contributed by atoms with Gasteiger partial charge in [0.15, 0.2) is 0 Å². The normalized spacial score (nSPS) is 25.3. The van der Waals surface area contributed by atoms with Crippen LogP contribution in [0.4, 0.5) is 0 Å². The number of carboxylic acid groups (broad SMARTS) is 1. The first-order valence-corrected chi connectivity index (χ1v) is 4.52. The highest BCUT2D eigenvalue weighted by molar-refractivity contribution is 5.87. The number of carbonyl (C=O) groups is 2. The summed E-state index contributed by atoms with van der Waals surface area (Å²) in [6.45, 7) is 1.71. The zero-order chi connectivity index (χ0) is 11.0. The van der Waals surface area contributed by atoms with E-state index in [0.717, 1.165) is 0 Å². The Morgan fingerprint density at radius 3 is 3.00 bits per heavy atom. The molecule has 15 heavy (non-hydrogen) atoms. The Labute approximate surface area is 85.2 Å². The van der Waals surface area contributed by atoms with Crippen LogP contribution < -0.4 is 5.32 Å². The molecule has 1 amide bonds. The molecule has 6 heteroatoms. The third-order valence-corrected chi connectivity index (χ3v) is 2.56. The molecule has 1 aliphatic heterocycles. The molecular weight excluding hydrogens is 200 g/mol. The van der Waals surface area contributed by atoms with Gasteiger partial charge in [0.05, 0.1) is 17.7 Å². The summed E-state index contributed by atoms with van der Waals surface area (Å²) in [7, 11) is 0. The van der Waals surface area contributed by atoms with Crippen molar-refractivity contribution in [1.82, 2.24) is 10.5 Å². The van der Waals surface area contributed by atoms with Crippen molar-refractivity contribution in [2.75, 3.05) is 0 Å². The third kappa shape index (κ3) is 1.58. The predicted molar refractivity (Wildman–Crippen MR) is 47.9 cm³/mol. The maximum atomic E-state index is 11.1. The number of nitrogens with zero attached hydrogens (tertiary/aromatic N) is 1. The molecule has 1 aromatic heterocycles. The summed E-state index contributed by atoms with van der Waals surface area (Å²) in [6, 6.07) is -0.527. The summed E-state index contributed by atoms with van der Waals surface area (Å²) in [5.41, 5.74) is 1.24. The molecule has 80 valence electrons. The van der Waals surface area contributed by atoms with Gasteiger partial charge in [-0.2, -0.15) is 0 Å². The van der Waals surface area contributed by atoms with Crippen molar-refractivity contribution in [3.05, 3.63) is 17.5 Å². The van der Waals surface area contributed by atoms with E-state index in [2.05, 4.69) is 10.5 Å². The van der Waals surface area contributed by atoms with Gasteiger partial charge in [-0.25, -0.2) is 0 Å². The average Bonchev–Trinajstić information content (AvgIpc) is 2.71. The van der Waals surface area contributed by atoms with Crippen LogP contribution >= 0.6 is 0 Å². The first-order chi connectivity index (χ1) is 7.09. The molecule has 0 aromatic carbocycles. The van der Waals surface area contributed by atoms with Gasteiger partial charge in [0, 0.05) is 12.0 Å². The number of aliphatic carboxylic acids is 1. The molecule has 0 spiro atoms. The number of aromatic nitrogens is 1. The van der Waals surface area contributed by atoms with Crippen LogP contribution in [0.25, 0.3) is 0 Å². The number of nitrogens with one attached hydrogen (secondary N) is 1. The number of amides is 1. The van der Waals surface area contributed by atoms with Gasteiger partial charge < -0.3 is 14.9 Å². The van der Waals surface area contributed by atoms with Gasteiger partial charge in [-0.3, -0.25) is 9.59 Å². The molecule has 2 N–H and O–H groups in total. The Morgan fingerprint density at radius 2 is 2.47 bits per heavy atom. The summed E-state index contributed by atoms with van der Waals surface area (Å²) >= 11 is 0. The Morgan fingerprint density at radius 1 is 1.73 bits per heavy atom. The highest BCUT2D eigenvalue weighted by atomic mass is 16.5. The summed E-state index contributed by atoms with van der Waals surface area (Å²) in [6.07, 6.45) is 1.38. The van der Waals surface area contributed by atoms with Gasteiger partial charge in [-0.05, 0) is 6.92 Å². The van der Waals surface area contributed by atoms with E-state index in [1.807, 2.05) is 0 Å². The average molecular weight is 210 g/mol. The van der Waals surface area contributed by atoms with Crippen LogP contribution in [-0.2, 0) is 9.59 Å². The highest BCUT2D eigenvalue weighted by Crippen LogP contribution is 2.31. The largest absolute Gasteiger partial charge is 0.481 e. The van der Waals surface area contributed by atoms with Gasteiger partial charge >= 0.3 is 5.97 Å². The van der Waals surface area contributed by atoms with Crippen molar-refractivity contribution in [3.63, 3.8) is 0 Å². The monoisotopic (exact) mass is 210 g/mol. The predicted octanol–water partition coefficient (Wildman–Crippen LogP) is 0.245. The molecular formula is C9H10N2O4. The van der Waals surface area contributed by atoms with Gasteiger partial charge in [0.25, 0.3) is 0 Å². The minimum absolute atomic E-state index is 0.00458. The molecule has 1 aromatic rings. The molecule has 1 saturated heterocycles. The van der Waals surface area contributed by atoms with Crippen molar-refractivity contribution >= 4 is 11.9 Å². The highest BCUT2D eigenvalue weighted by Gasteiger charge is 2.40. The van der Waals surface area contributed by atoms with E-state index in [1.165, 1.54) is 6.26 Å². The molecule has 2 unspecified atom stereocenters. The SMILES string of the molecule is Cc1nocc1C1NC(=O)CC1C(=O)O. The van der Waals surface area contributed by atoms with E-state index in [0.29, 0.717) is 11.3 Å². The zero-order valence-electron chi connectivity index (χ0n) is 8.06. The first kappa shape index (κ1) is 9.70. The topological polar surface area (TPSA) is 92.4 Å². The van der Waals surface area contributed by atoms with Crippen molar-refractivity contribution in [2.24, 2.45) is 5.92 Å². The quantitative estimate of drug-likeness (QED) is 0.729. The number of rotatable bonds is 2. The molecule has 2 heterocycles. The fraction of sp³-hybridized carbons (Fsp3) is 0.444. The fourth-order valence-electron chi connectivity index (χ4n) is 1.77. The second kappa shape index (κ2) is 3.38. The maximum Gasteiger partial charge on any atom is 0.309 e. The second-order valence-corrected chi connectivity index (χ2v) is 3.55. The van der Waals surface area contributed by atoms with Crippen LogP contribution in [0.2, 0.25) is 0 Å². The Hall–Kier alpha value is -1.85. The molecule has 2 rings (SSSR count). The lowest BCUT2D eigenvalue weighted by molar-refractivity contribution is -0.142. The number of hydrogen-bond donors (Lipinski definition) is 2. The maximum absolute atomic E-state index is 11.1. The minimum atomic E-state index is -0.987. The number of carboxylic acids is 1. The van der Waals surface area contributed by atoms with Crippen LogP contribution in [-0.4, -0.2) is 22.1 Å². The molecule has 1 aliphatic rings. The molecule has 0 saturated carbocycles. The lowest BCUT2D eigenvalue weighted by Crippen LogP contribution is -2.24. The fourth-order valence-corrected chi connectivity index (χ4v) is 1.77. The van der Waals surface area contributed by atoms with Crippen LogP contribution in [0.5, 0.6) is 0 Å². The Bertz CT molecular complexity index is 412. The summed E-state index contributed by atoms with van der Waals surface area (Å²) in [5, 5.41) is 15.2. The first-order valence-electron chi connectivity index (χ1n) is 4.52. The Balaban J connectivity index is 2.32. The number of carbonyl (C=O) groups excluding carboxylic acids is 1. The van der Waals surface area contributed by atoms with E-state index in [4.69, 9.17) is 9.63 Å². The number of hydrogen-bond acceptors (Lipinski definition) is 4. The molecule has 1 fully saturated rings. The van der Waals surface area contributed by atoms with E-state index >= 15 is 0 Å². The van der Waals surface area contributed by atoms with Gasteiger partial charge in [-0.1, -0.05) is 5.16 Å². The lowest BCUT2D eigenvalue weighted by Gasteiger charge is -2.13. The molecule has 2 atom stereocenters. The standard InChI is InChI=1S/C9H10N2O4/c1-4-6(3-15-11-4)8-5(9(13)14)2-7(12)10-8/h3,5,8H,2H2,1H3,(H,10,12)(H,13,14). The summed E-state index contributed by atoms with van der Waals surface area (Å²) in [5.74, 6) is -1.98. The van der Waals surface area contributed by atoms with E-state index < -0.39 is 17.9 Å². The Kier molecular flexibility index (Phi) is 2.18. The van der Waals surface area contributed by atoms with Gasteiger partial charge in [-0.15, -0.1) is 0 Å². The zero-order valence-corrected chi connectivity index (χ0v) is 8.06. The van der Waals surface area contributed by atoms with E-state index in [9.17, 15) is 9.59 Å². The van der Waals surface area contributed by atoms with E-state index in [1.54, 1.807) is 6.92 Å². The van der Waals surface area contributed by atoms with Crippen LogP contribution in [0.1, 0.15) is 23.7 Å². The summed E-state index contributed by atoms with van der Waals surface area (Å²) in [4.78, 5) is 22.1. The number of aryl methyl sites for hydroxylation is 1. The van der Waals surface area contributed by atoms with Crippen molar-refractivity contribution in [2.45, 2.75) is 19.4 Å². The van der Waals surface area contributed by atoms with Crippen molar-refractivity contribution in [3.8, 4) is 0 Å². The van der Waals surface area contributed by atoms with Crippen LogP contribution in [0.15, 0.2) is 10.8 Å². The molecule has 0 aliphatic carbocycles. The third-order valence-electron chi connectivity index (χ3n) is 2.56. The van der Waals surface area contributed by atoms with Crippen LogP contribution in [0, 0.1) is 12.8 Å². The molecule has 6 nitrogen and oxygen atoms in total. The van der Waals surface area contributed by atoms with Crippen molar-refractivity contribution in [1.29, 1.82) is 0 Å². The van der Waals surface area contributed by atoms with Gasteiger partial charge in [0.2, 0.25) is 5.91 Å². The molecule has 0 radical (unpaired) electrons. The van der Waals surface area contributed by atoms with E-state index in [-0.39, 0.29) is 12.3 Å². The molecule has 0 bridgehead atoms.